The molecule has 1 aliphatic rings. The predicted octanol–water partition coefficient (Wildman–Crippen LogP) is 3.80. The van der Waals surface area contributed by atoms with E-state index in [1.54, 1.807) is 0 Å². The largest absolute Gasteiger partial charge is 0.441 e. The van der Waals surface area contributed by atoms with Crippen molar-refractivity contribution >= 4 is 11.8 Å². The minimum atomic E-state index is -4.09. The zero-order chi connectivity index (χ0) is 12.1. The van der Waals surface area contributed by atoms with Gasteiger partial charge in [-0.2, -0.15) is 13.2 Å². The first-order chi connectivity index (χ1) is 7.41. The van der Waals surface area contributed by atoms with Gasteiger partial charge in [-0.15, -0.1) is 0 Å². The number of thioether (sulfide) groups is 1. The molecule has 0 amide bonds. The van der Waals surface area contributed by atoms with Crippen LogP contribution in [0.2, 0.25) is 0 Å². The molecule has 96 valence electrons. The molecule has 0 aromatic carbocycles. The lowest BCUT2D eigenvalue weighted by Crippen LogP contribution is -2.34. The van der Waals surface area contributed by atoms with Crippen molar-refractivity contribution in [2.45, 2.75) is 44.5 Å². The van der Waals surface area contributed by atoms with Gasteiger partial charge in [-0.25, -0.2) is 0 Å². The molecule has 0 aliphatic heterocycles. The predicted molar refractivity (Wildman–Crippen MR) is 62.6 cm³/mol. The summed E-state index contributed by atoms with van der Waals surface area (Å²) in [7, 11) is 0. The van der Waals surface area contributed by atoms with E-state index < -0.39 is 5.51 Å². The van der Waals surface area contributed by atoms with Gasteiger partial charge in [0.15, 0.2) is 0 Å². The van der Waals surface area contributed by atoms with Crippen molar-refractivity contribution in [1.82, 2.24) is 5.32 Å². The average Bonchev–Trinajstić information content (AvgIpc) is 2.16. The van der Waals surface area contributed by atoms with E-state index in [0.29, 0.717) is 12.0 Å². The van der Waals surface area contributed by atoms with E-state index in [-0.39, 0.29) is 17.5 Å². The summed E-state index contributed by atoms with van der Waals surface area (Å²) in [6.07, 6.45) is 6.23. The Morgan fingerprint density at radius 3 is 2.38 bits per heavy atom. The highest BCUT2D eigenvalue weighted by Crippen LogP contribution is 2.35. The van der Waals surface area contributed by atoms with Crippen molar-refractivity contribution in [2.75, 3.05) is 18.8 Å². The van der Waals surface area contributed by atoms with Gasteiger partial charge < -0.3 is 5.32 Å². The first-order valence-corrected chi connectivity index (χ1v) is 6.81. The maximum absolute atomic E-state index is 11.8. The summed E-state index contributed by atoms with van der Waals surface area (Å²) in [5, 5.41) is 3.15. The van der Waals surface area contributed by atoms with Gasteiger partial charge in [0.05, 0.1) is 0 Å². The van der Waals surface area contributed by atoms with Crippen molar-refractivity contribution in [3.63, 3.8) is 0 Å². The summed E-state index contributed by atoms with van der Waals surface area (Å²) in [6.45, 7) is 3.53. The summed E-state index contributed by atoms with van der Waals surface area (Å²) in [6, 6.07) is 0. The first kappa shape index (κ1) is 14.2. The van der Waals surface area contributed by atoms with E-state index in [1.807, 2.05) is 0 Å². The van der Waals surface area contributed by atoms with E-state index in [0.717, 1.165) is 6.54 Å². The molecule has 1 saturated carbocycles. The Bertz CT molecular complexity index is 200. The molecule has 0 saturated heterocycles. The van der Waals surface area contributed by atoms with Gasteiger partial charge in [0.2, 0.25) is 0 Å². The van der Waals surface area contributed by atoms with Crippen molar-refractivity contribution < 1.29 is 13.2 Å². The van der Waals surface area contributed by atoms with Gasteiger partial charge in [0, 0.05) is 18.8 Å². The topological polar surface area (TPSA) is 12.0 Å². The van der Waals surface area contributed by atoms with Crippen LogP contribution < -0.4 is 5.32 Å². The second-order valence-corrected chi connectivity index (χ2v) is 6.00. The zero-order valence-corrected chi connectivity index (χ0v) is 10.5. The quantitative estimate of drug-likeness (QED) is 0.750. The number of halogens is 3. The van der Waals surface area contributed by atoms with Crippen LogP contribution in [0.15, 0.2) is 0 Å². The van der Waals surface area contributed by atoms with Crippen LogP contribution in [0.4, 0.5) is 13.2 Å². The van der Waals surface area contributed by atoms with Crippen LogP contribution in [0.3, 0.4) is 0 Å². The van der Waals surface area contributed by atoms with Gasteiger partial charge >= 0.3 is 5.51 Å². The van der Waals surface area contributed by atoms with Crippen LogP contribution in [0.25, 0.3) is 0 Å². The molecule has 1 fully saturated rings. The summed E-state index contributed by atoms with van der Waals surface area (Å²) >= 11 is 0.0566. The molecule has 5 heteroatoms. The van der Waals surface area contributed by atoms with Gasteiger partial charge in [-0.1, -0.05) is 26.2 Å². The van der Waals surface area contributed by atoms with Crippen LogP contribution >= 0.6 is 11.8 Å². The average molecular weight is 255 g/mol. The van der Waals surface area contributed by atoms with Gasteiger partial charge in [0.25, 0.3) is 0 Å². The Kier molecular flexibility index (Phi) is 5.44. The molecule has 0 unspecified atom stereocenters. The molecule has 0 aromatic rings. The molecule has 1 rings (SSSR count). The molecule has 1 aliphatic carbocycles. The van der Waals surface area contributed by atoms with Crippen LogP contribution in [-0.2, 0) is 0 Å². The third-order valence-electron chi connectivity index (χ3n) is 3.16. The van der Waals surface area contributed by atoms with Crippen molar-refractivity contribution in [3.05, 3.63) is 0 Å². The van der Waals surface area contributed by atoms with Gasteiger partial charge in [0.1, 0.15) is 0 Å². The molecule has 0 atom stereocenters. The Hall–Kier alpha value is 0.100. The molecular formula is C11H20F3NS. The lowest BCUT2D eigenvalue weighted by molar-refractivity contribution is -0.0327. The maximum atomic E-state index is 11.8. The molecular weight excluding hydrogens is 235 g/mol. The minimum Gasteiger partial charge on any atom is -0.315 e. The lowest BCUT2D eigenvalue weighted by Gasteiger charge is -2.33. The first-order valence-electron chi connectivity index (χ1n) is 5.83. The standard InChI is InChI=1S/C11H20F3NS/c1-10(5-3-2-4-6-10)9-15-7-8-16-11(12,13)14/h15H,2-9H2,1H3. The van der Waals surface area contributed by atoms with Gasteiger partial charge in [-0.3, -0.25) is 0 Å². The molecule has 16 heavy (non-hydrogen) atoms. The van der Waals surface area contributed by atoms with E-state index in [4.69, 9.17) is 0 Å². The highest BCUT2D eigenvalue weighted by atomic mass is 32.2. The van der Waals surface area contributed by atoms with E-state index in [1.165, 1.54) is 32.1 Å². The van der Waals surface area contributed by atoms with Crippen molar-refractivity contribution in [1.29, 1.82) is 0 Å². The van der Waals surface area contributed by atoms with E-state index in [9.17, 15) is 13.2 Å². The zero-order valence-electron chi connectivity index (χ0n) is 9.70. The van der Waals surface area contributed by atoms with Crippen LogP contribution in [0, 0.1) is 5.41 Å². The molecule has 0 aromatic heterocycles. The smallest absolute Gasteiger partial charge is 0.315 e. The molecule has 0 radical (unpaired) electrons. The SMILES string of the molecule is CC1(CNCCSC(F)(F)F)CCCCC1. The highest BCUT2D eigenvalue weighted by Gasteiger charge is 2.28. The minimum absolute atomic E-state index is 0.0566. The third-order valence-corrected chi connectivity index (χ3v) is 3.89. The maximum Gasteiger partial charge on any atom is 0.441 e. The number of nitrogens with one attached hydrogen (secondary N) is 1. The highest BCUT2D eigenvalue weighted by molar-refractivity contribution is 8.00. The fourth-order valence-electron chi connectivity index (χ4n) is 2.21. The molecule has 0 heterocycles. The fourth-order valence-corrected chi connectivity index (χ4v) is 2.69. The Labute approximate surface area is 99.6 Å². The number of hydrogen-bond acceptors (Lipinski definition) is 2. The Morgan fingerprint density at radius 2 is 1.81 bits per heavy atom. The van der Waals surface area contributed by atoms with Crippen LogP contribution in [0.1, 0.15) is 39.0 Å². The second kappa shape index (κ2) is 6.15. The monoisotopic (exact) mass is 255 g/mol. The summed E-state index contributed by atoms with van der Waals surface area (Å²) in [5.41, 5.74) is -3.78. The van der Waals surface area contributed by atoms with E-state index in [2.05, 4.69) is 12.2 Å². The molecule has 0 spiro atoms. The summed E-state index contributed by atoms with van der Waals surface area (Å²) < 4.78 is 35.5. The second-order valence-electron chi connectivity index (χ2n) is 4.84. The van der Waals surface area contributed by atoms with Gasteiger partial charge in [-0.05, 0) is 30.0 Å². The van der Waals surface area contributed by atoms with Crippen molar-refractivity contribution in [2.24, 2.45) is 5.41 Å². The normalized spacial score (nSPS) is 21.0. The summed E-state index contributed by atoms with van der Waals surface area (Å²) in [5.74, 6) is 0.111. The van der Waals surface area contributed by atoms with Crippen LogP contribution in [0.5, 0.6) is 0 Å². The molecule has 0 bridgehead atoms. The third kappa shape index (κ3) is 5.99. The fraction of sp³-hybridized carbons (Fsp3) is 1.00. The summed E-state index contributed by atoms with van der Waals surface area (Å²) in [4.78, 5) is 0. The number of alkyl halides is 3. The Balaban J connectivity index is 2.06. The van der Waals surface area contributed by atoms with Crippen LogP contribution in [-0.4, -0.2) is 24.4 Å². The number of rotatable bonds is 5. The molecule has 1 nitrogen and oxygen atoms in total. The lowest BCUT2D eigenvalue weighted by atomic mass is 9.76. The van der Waals surface area contributed by atoms with E-state index >= 15 is 0 Å². The molecule has 1 N–H and O–H groups in total. The Morgan fingerprint density at radius 1 is 1.19 bits per heavy atom. The van der Waals surface area contributed by atoms with Crippen molar-refractivity contribution in [3.8, 4) is 0 Å². The number of hydrogen-bond donors (Lipinski definition) is 1.